The third kappa shape index (κ3) is 7.36. The smallest absolute Gasteiger partial charge is 0.233 e. The van der Waals surface area contributed by atoms with Crippen LogP contribution in [0.2, 0.25) is 5.02 Å². The van der Waals surface area contributed by atoms with E-state index in [0.717, 1.165) is 36.3 Å². The molecule has 0 aliphatic rings. The minimum atomic E-state index is -1.18. The molecule has 0 saturated heterocycles. The van der Waals surface area contributed by atoms with Gasteiger partial charge in [-0.2, -0.15) is 11.8 Å². The van der Waals surface area contributed by atoms with Gasteiger partial charge in [0.25, 0.3) is 0 Å². The Morgan fingerprint density at radius 3 is 2.63 bits per heavy atom. The Labute approximate surface area is 191 Å². The van der Waals surface area contributed by atoms with Gasteiger partial charge in [0.2, 0.25) is 5.91 Å². The van der Waals surface area contributed by atoms with Crippen molar-refractivity contribution in [1.82, 2.24) is 9.97 Å². The molecule has 164 valence electrons. The standard InChI is InChI=1S/C22H30ClN3O2S2/c1-5-6-7-15(2)10-18(16-8-9-20(30(4)28)19(23)11-16)22(27)26-21-13-24-17(12-25-21)14-29-3/h8-9,11-13,15,18H,5-7,10,14H2,1-4H3,(H,25,26,27). The van der Waals surface area contributed by atoms with E-state index >= 15 is 0 Å². The molecule has 1 aromatic carbocycles. The van der Waals surface area contributed by atoms with Crippen LogP contribution in [0.4, 0.5) is 5.82 Å². The van der Waals surface area contributed by atoms with E-state index in [1.165, 1.54) is 0 Å². The molecule has 3 atom stereocenters. The average Bonchev–Trinajstić information content (AvgIpc) is 2.71. The number of nitrogens with zero attached hydrogens (tertiary/aromatic N) is 2. The molecule has 1 N–H and O–H groups in total. The molecule has 0 fully saturated rings. The minimum absolute atomic E-state index is 0.133. The highest BCUT2D eigenvalue weighted by atomic mass is 35.5. The Balaban J connectivity index is 2.24. The monoisotopic (exact) mass is 467 g/mol. The minimum Gasteiger partial charge on any atom is -0.309 e. The number of amides is 1. The van der Waals surface area contributed by atoms with E-state index in [-0.39, 0.29) is 11.8 Å². The lowest BCUT2D eigenvalue weighted by atomic mass is 9.86. The summed E-state index contributed by atoms with van der Waals surface area (Å²) in [7, 11) is -1.18. The molecular formula is C22H30ClN3O2S2. The maximum absolute atomic E-state index is 13.2. The molecule has 30 heavy (non-hydrogen) atoms. The first-order chi connectivity index (χ1) is 14.3. The van der Waals surface area contributed by atoms with Crippen LogP contribution < -0.4 is 5.32 Å². The van der Waals surface area contributed by atoms with Gasteiger partial charge in [-0.15, -0.1) is 0 Å². The summed E-state index contributed by atoms with van der Waals surface area (Å²) in [6, 6.07) is 5.37. The van der Waals surface area contributed by atoms with Gasteiger partial charge < -0.3 is 5.32 Å². The number of carbonyl (C=O) groups is 1. The highest BCUT2D eigenvalue weighted by Crippen LogP contribution is 2.31. The molecule has 5 nitrogen and oxygen atoms in total. The zero-order valence-electron chi connectivity index (χ0n) is 18.0. The zero-order valence-corrected chi connectivity index (χ0v) is 20.4. The summed E-state index contributed by atoms with van der Waals surface area (Å²) in [6.45, 7) is 4.34. The molecule has 0 bridgehead atoms. The van der Waals surface area contributed by atoms with E-state index in [4.69, 9.17) is 11.6 Å². The Kier molecular flexibility index (Phi) is 10.3. The Hall–Kier alpha value is -1.44. The normalized spacial score (nSPS) is 14.2. The van der Waals surface area contributed by atoms with Crippen molar-refractivity contribution in [3.8, 4) is 0 Å². The van der Waals surface area contributed by atoms with Crippen molar-refractivity contribution in [2.45, 2.75) is 56.1 Å². The maximum Gasteiger partial charge on any atom is 0.233 e. The number of aromatic nitrogens is 2. The summed E-state index contributed by atoms with van der Waals surface area (Å²) in [6.07, 6.45) is 10.9. The number of benzene rings is 1. The maximum atomic E-state index is 13.2. The van der Waals surface area contributed by atoms with Gasteiger partial charge in [0, 0.05) is 12.0 Å². The predicted molar refractivity (Wildman–Crippen MR) is 128 cm³/mol. The van der Waals surface area contributed by atoms with E-state index in [9.17, 15) is 9.00 Å². The molecule has 2 rings (SSSR count). The van der Waals surface area contributed by atoms with Crippen molar-refractivity contribution in [3.63, 3.8) is 0 Å². The number of unbranched alkanes of at least 4 members (excludes halogenated alkanes) is 1. The Morgan fingerprint density at radius 1 is 1.30 bits per heavy atom. The number of halogens is 1. The van der Waals surface area contributed by atoms with Crippen molar-refractivity contribution in [2.24, 2.45) is 5.92 Å². The average molecular weight is 468 g/mol. The van der Waals surface area contributed by atoms with Gasteiger partial charge in [0.15, 0.2) is 5.82 Å². The fourth-order valence-electron chi connectivity index (χ4n) is 3.29. The second-order valence-corrected chi connectivity index (χ2v) is 10.1. The van der Waals surface area contributed by atoms with Crippen LogP contribution in [0.25, 0.3) is 0 Å². The van der Waals surface area contributed by atoms with Crippen LogP contribution in [0, 0.1) is 5.92 Å². The van der Waals surface area contributed by atoms with Crippen LogP contribution in [-0.2, 0) is 21.3 Å². The Morgan fingerprint density at radius 2 is 2.07 bits per heavy atom. The van der Waals surface area contributed by atoms with Crippen molar-refractivity contribution < 1.29 is 9.00 Å². The molecule has 1 heterocycles. The lowest BCUT2D eigenvalue weighted by molar-refractivity contribution is -0.118. The molecule has 0 radical (unpaired) electrons. The fourth-order valence-corrected chi connectivity index (χ4v) is 4.84. The SMILES string of the molecule is CCCCC(C)CC(C(=O)Nc1cnc(CSC)cn1)c1ccc(S(C)=O)c(Cl)c1. The van der Waals surface area contributed by atoms with Crippen molar-refractivity contribution in [2.75, 3.05) is 17.8 Å². The van der Waals surface area contributed by atoms with E-state index in [1.54, 1.807) is 42.5 Å². The summed E-state index contributed by atoms with van der Waals surface area (Å²) in [5.41, 5.74) is 1.70. The van der Waals surface area contributed by atoms with Crippen molar-refractivity contribution in [1.29, 1.82) is 0 Å². The quantitative estimate of drug-likeness (QED) is 0.461. The number of anilines is 1. The van der Waals surface area contributed by atoms with Crippen LogP contribution in [0.3, 0.4) is 0 Å². The van der Waals surface area contributed by atoms with Crippen LogP contribution in [0.5, 0.6) is 0 Å². The van der Waals surface area contributed by atoms with Gasteiger partial charge in [-0.25, -0.2) is 4.98 Å². The molecule has 3 unspecified atom stereocenters. The topological polar surface area (TPSA) is 72.0 Å². The number of thioether (sulfide) groups is 1. The molecule has 8 heteroatoms. The molecule has 0 aliphatic heterocycles. The predicted octanol–water partition coefficient (Wildman–Crippen LogP) is 5.67. The number of hydrogen-bond donors (Lipinski definition) is 1. The lowest BCUT2D eigenvalue weighted by Crippen LogP contribution is -2.24. The van der Waals surface area contributed by atoms with Crippen molar-refractivity contribution in [3.05, 3.63) is 46.9 Å². The van der Waals surface area contributed by atoms with Gasteiger partial charge in [0.05, 0.1) is 44.7 Å². The first kappa shape index (κ1) is 24.8. The first-order valence-electron chi connectivity index (χ1n) is 10.1. The van der Waals surface area contributed by atoms with E-state index < -0.39 is 10.8 Å². The highest BCUT2D eigenvalue weighted by molar-refractivity contribution is 7.97. The van der Waals surface area contributed by atoms with Crippen molar-refractivity contribution >= 4 is 45.9 Å². The Bertz CT molecular complexity index is 862. The summed E-state index contributed by atoms with van der Waals surface area (Å²) in [5.74, 6) is 1.10. The fraction of sp³-hybridized carbons (Fsp3) is 0.500. The van der Waals surface area contributed by atoms with Gasteiger partial charge in [-0.1, -0.05) is 50.8 Å². The zero-order chi connectivity index (χ0) is 22.1. The van der Waals surface area contributed by atoms with Gasteiger partial charge in [-0.3, -0.25) is 14.0 Å². The molecule has 2 aromatic rings. The summed E-state index contributed by atoms with van der Waals surface area (Å²) in [5, 5.41) is 3.33. The molecule has 1 amide bonds. The third-order valence-corrected chi connectivity index (χ3v) is 6.91. The largest absolute Gasteiger partial charge is 0.309 e. The van der Waals surface area contributed by atoms with E-state index in [2.05, 4.69) is 29.1 Å². The molecule has 0 aliphatic carbocycles. The molecule has 1 aromatic heterocycles. The summed E-state index contributed by atoms with van der Waals surface area (Å²) < 4.78 is 11.8. The number of carbonyl (C=O) groups excluding carboxylic acids is 1. The first-order valence-corrected chi connectivity index (χ1v) is 13.4. The van der Waals surface area contributed by atoms with Gasteiger partial charge in [0.1, 0.15) is 0 Å². The molecule has 0 saturated carbocycles. The second-order valence-electron chi connectivity index (χ2n) is 7.49. The van der Waals surface area contributed by atoms with E-state index in [0.29, 0.717) is 28.1 Å². The summed E-state index contributed by atoms with van der Waals surface area (Å²) >= 11 is 8.02. The molecular weight excluding hydrogens is 438 g/mol. The second kappa shape index (κ2) is 12.4. The number of hydrogen-bond acceptors (Lipinski definition) is 5. The third-order valence-electron chi connectivity index (χ3n) is 4.92. The lowest BCUT2D eigenvalue weighted by Gasteiger charge is -2.21. The number of nitrogens with one attached hydrogen (secondary N) is 1. The number of rotatable bonds is 11. The van der Waals surface area contributed by atoms with Gasteiger partial charge >= 0.3 is 0 Å². The van der Waals surface area contributed by atoms with Crippen LogP contribution in [0.15, 0.2) is 35.5 Å². The summed E-state index contributed by atoms with van der Waals surface area (Å²) in [4.78, 5) is 22.4. The van der Waals surface area contributed by atoms with Crippen LogP contribution >= 0.6 is 23.4 Å². The van der Waals surface area contributed by atoms with Crippen LogP contribution in [-0.4, -0.2) is 32.6 Å². The van der Waals surface area contributed by atoms with Crippen LogP contribution in [0.1, 0.15) is 56.7 Å². The highest BCUT2D eigenvalue weighted by Gasteiger charge is 2.24. The molecule has 0 spiro atoms. The van der Waals surface area contributed by atoms with Gasteiger partial charge in [-0.05, 0) is 36.3 Å². The van der Waals surface area contributed by atoms with E-state index in [1.807, 2.05) is 12.3 Å².